The predicted molar refractivity (Wildman–Crippen MR) is 86.6 cm³/mol. The van der Waals surface area contributed by atoms with Crippen LogP contribution in [0.2, 0.25) is 0 Å². The summed E-state index contributed by atoms with van der Waals surface area (Å²) in [6, 6.07) is 12.8. The zero-order chi connectivity index (χ0) is 16.6. The van der Waals surface area contributed by atoms with Crippen LogP contribution in [-0.2, 0) is 9.59 Å². The van der Waals surface area contributed by atoms with Gasteiger partial charge >= 0.3 is 0 Å². The number of nitrogens with one attached hydrogen (secondary N) is 1. The molecule has 6 heteroatoms. The minimum Gasteiger partial charge on any atom is -0.350 e. The van der Waals surface area contributed by atoms with Crippen LogP contribution < -0.4 is 10.2 Å². The molecule has 116 valence electrons. The van der Waals surface area contributed by atoms with E-state index in [2.05, 4.69) is 5.32 Å². The molecule has 2 aromatic rings. The summed E-state index contributed by atoms with van der Waals surface area (Å²) in [5, 5.41) is 2.57. The zero-order valence-corrected chi connectivity index (χ0v) is 12.9. The van der Waals surface area contributed by atoms with Gasteiger partial charge in [-0.1, -0.05) is 41.4 Å². The number of para-hydroxylation sites is 1. The number of halogens is 2. The zero-order valence-electron chi connectivity index (χ0n) is 12.1. The lowest BCUT2D eigenvalue weighted by Gasteiger charge is -2.15. The number of carbonyl (C=O) groups excluding carboxylic acids is 2. The van der Waals surface area contributed by atoms with Crippen LogP contribution in [0.4, 0.5) is 15.8 Å². The third-order valence-electron chi connectivity index (χ3n) is 3.44. The van der Waals surface area contributed by atoms with Crippen LogP contribution in [0, 0.1) is 12.7 Å². The first-order chi connectivity index (χ1) is 11.0. The molecule has 2 amide bonds. The molecule has 0 radical (unpaired) electrons. The maximum absolute atomic E-state index is 13.9. The number of anilines is 2. The van der Waals surface area contributed by atoms with Crippen LogP contribution in [0.3, 0.4) is 0 Å². The van der Waals surface area contributed by atoms with Crippen molar-refractivity contribution >= 4 is 34.8 Å². The molecular formula is C17H12ClFN2O2. The largest absolute Gasteiger partial charge is 0.350 e. The van der Waals surface area contributed by atoms with Crippen LogP contribution in [0.15, 0.2) is 59.3 Å². The van der Waals surface area contributed by atoms with Crippen LogP contribution in [0.5, 0.6) is 0 Å². The van der Waals surface area contributed by atoms with Gasteiger partial charge in [-0.3, -0.25) is 9.59 Å². The molecular weight excluding hydrogens is 319 g/mol. The third-order valence-corrected chi connectivity index (χ3v) is 3.79. The predicted octanol–water partition coefficient (Wildman–Crippen LogP) is 3.57. The van der Waals surface area contributed by atoms with E-state index in [1.54, 1.807) is 12.1 Å². The lowest BCUT2D eigenvalue weighted by molar-refractivity contribution is -0.120. The lowest BCUT2D eigenvalue weighted by Crippen LogP contribution is -2.33. The van der Waals surface area contributed by atoms with Gasteiger partial charge in [-0.15, -0.1) is 0 Å². The Morgan fingerprint density at radius 3 is 2.30 bits per heavy atom. The molecule has 0 fully saturated rings. The second-order valence-corrected chi connectivity index (χ2v) is 5.46. The van der Waals surface area contributed by atoms with E-state index in [0.717, 1.165) is 10.5 Å². The number of hydrogen-bond acceptors (Lipinski definition) is 3. The van der Waals surface area contributed by atoms with E-state index >= 15 is 0 Å². The molecule has 0 saturated carbocycles. The molecule has 2 aromatic carbocycles. The highest BCUT2D eigenvalue weighted by Crippen LogP contribution is 2.31. The standard InChI is InChI=1S/C17H12ClFN2O2/c1-10-6-8-11(9-7-10)20-15-14(18)16(22)21(17(15)23)13-5-3-2-4-12(13)19/h2-9,20H,1H3. The Morgan fingerprint density at radius 2 is 1.65 bits per heavy atom. The molecule has 0 spiro atoms. The van der Waals surface area contributed by atoms with E-state index in [9.17, 15) is 14.0 Å². The molecule has 0 aromatic heterocycles. The minimum atomic E-state index is -0.753. The normalized spacial score (nSPS) is 14.7. The molecule has 0 atom stereocenters. The summed E-state index contributed by atoms with van der Waals surface area (Å²) in [6.45, 7) is 1.93. The van der Waals surface area contributed by atoms with Gasteiger partial charge in [0.15, 0.2) is 0 Å². The molecule has 1 aliphatic rings. The molecule has 0 saturated heterocycles. The van der Waals surface area contributed by atoms with Crippen molar-refractivity contribution < 1.29 is 14.0 Å². The first-order valence-corrected chi connectivity index (χ1v) is 7.23. The highest BCUT2D eigenvalue weighted by Gasteiger charge is 2.39. The fourth-order valence-corrected chi connectivity index (χ4v) is 2.46. The molecule has 0 unspecified atom stereocenters. The Kier molecular flexibility index (Phi) is 3.88. The summed E-state index contributed by atoms with van der Waals surface area (Å²) in [6.07, 6.45) is 0. The summed E-state index contributed by atoms with van der Waals surface area (Å²) in [5.41, 5.74) is 1.47. The summed E-state index contributed by atoms with van der Waals surface area (Å²) in [7, 11) is 0. The summed E-state index contributed by atoms with van der Waals surface area (Å²) < 4.78 is 13.9. The van der Waals surface area contributed by atoms with E-state index in [1.165, 1.54) is 24.3 Å². The molecule has 0 bridgehead atoms. The average molecular weight is 331 g/mol. The Labute approximate surface area is 137 Å². The van der Waals surface area contributed by atoms with E-state index in [1.807, 2.05) is 19.1 Å². The number of imide groups is 1. The Hall–Kier alpha value is -2.66. The topological polar surface area (TPSA) is 49.4 Å². The molecule has 23 heavy (non-hydrogen) atoms. The Bertz CT molecular complexity index is 831. The molecule has 1 heterocycles. The molecule has 0 aliphatic carbocycles. The van der Waals surface area contributed by atoms with Gasteiger partial charge in [0.2, 0.25) is 0 Å². The smallest absolute Gasteiger partial charge is 0.283 e. The van der Waals surface area contributed by atoms with Crippen molar-refractivity contribution in [2.75, 3.05) is 10.2 Å². The number of hydrogen-bond donors (Lipinski definition) is 1. The minimum absolute atomic E-state index is 0.0660. The highest BCUT2D eigenvalue weighted by atomic mass is 35.5. The van der Waals surface area contributed by atoms with Gasteiger partial charge < -0.3 is 5.32 Å². The quantitative estimate of drug-likeness (QED) is 0.875. The van der Waals surface area contributed by atoms with E-state index in [0.29, 0.717) is 5.69 Å². The fraction of sp³-hybridized carbons (Fsp3) is 0.0588. The molecule has 4 nitrogen and oxygen atoms in total. The van der Waals surface area contributed by atoms with Crippen molar-refractivity contribution in [3.63, 3.8) is 0 Å². The Balaban J connectivity index is 1.93. The highest BCUT2D eigenvalue weighted by molar-refractivity contribution is 6.53. The van der Waals surface area contributed by atoms with Crippen LogP contribution in [-0.4, -0.2) is 11.8 Å². The number of amides is 2. The number of aryl methyl sites for hydroxylation is 1. The molecule has 1 aliphatic heterocycles. The van der Waals surface area contributed by atoms with Gasteiger partial charge in [0.25, 0.3) is 11.8 Å². The van der Waals surface area contributed by atoms with Crippen molar-refractivity contribution in [1.29, 1.82) is 0 Å². The van der Waals surface area contributed by atoms with Crippen molar-refractivity contribution in [1.82, 2.24) is 0 Å². The molecule has 3 rings (SSSR count). The van der Waals surface area contributed by atoms with Crippen LogP contribution >= 0.6 is 11.6 Å². The van der Waals surface area contributed by atoms with E-state index in [4.69, 9.17) is 11.6 Å². The summed E-state index contributed by atoms with van der Waals surface area (Å²) in [4.78, 5) is 25.4. The molecule has 1 N–H and O–H groups in total. The number of rotatable bonds is 3. The maximum atomic E-state index is 13.9. The summed E-state index contributed by atoms with van der Waals surface area (Å²) >= 11 is 5.98. The SMILES string of the molecule is Cc1ccc(NC2=C(Cl)C(=O)N(c3ccccc3F)C2=O)cc1. The van der Waals surface area contributed by atoms with Gasteiger partial charge in [-0.2, -0.15) is 0 Å². The average Bonchev–Trinajstić information content (AvgIpc) is 2.74. The van der Waals surface area contributed by atoms with Crippen LogP contribution in [0.1, 0.15) is 5.56 Å². The van der Waals surface area contributed by atoms with E-state index < -0.39 is 17.6 Å². The second kappa shape index (κ2) is 5.85. The van der Waals surface area contributed by atoms with E-state index in [-0.39, 0.29) is 16.4 Å². The third kappa shape index (κ3) is 2.71. The van der Waals surface area contributed by atoms with Gasteiger partial charge in [0, 0.05) is 5.69 Å². The van der Waals surface area contributed by atoms with Crippen molar-refractivity contribution in [3.05, 3.63) is 70.6 Å². The van der Waals surface area contributed by atoms with Gasteiger partial charge in [-0.05, 0) is 31.2 Å². The fourth-order valence-electron chi connectivity index (χ4n) is 2.24. The number of nitrogens with zero attached hydrogens (tertiary/aromatic N) is 1. The van der Waals surface area contributed by atoms with Crippen molar-refractivity contribution in [2.24, 2.45) is 0 Å². The maximum Gasteiger partial charge on any atom is 0.283 e. The lowest BCUT2D eigenvalue weighted by atomic mass is 10.2. The van der Waals surface area contributed by atoms with Crippen LogP contribution in [0.25, 0.3) is 0 Å². The van der Waals surface area contributed by atoms with Gasteiger partial charge in [0.1, 0.15) is 16.5 Å². The number of carbonyl (C=O) groups is 2. The summed E-state index contributed by atoms with van der Waals surface area (Å²) in [5.74, 6) is -2.11. The Morgan fingerprint density at radius 1 is 1.00 bits per heavy atom. The van der Waals surface area contributed by atoms with Gasteiger partial charge in [0.05, 0.1) is 5.69 Å². The second-order valence-electron chi connectivity index (χ2n) is 5.08. The van der Waals surface area contributed by atoms with Crippen molar-refractivity contribution in [2.45, 2.75) is 6.92 Å². The first-order valence-electron chi connectivity index (χ1n) is 6.86. The first kappa shape index (κ1) is 15.2. The van der Waals surface area contributed by atoms with Crippen molar-refractivity contribution in [3.8, 4) is 0 Å². The monoisotopic (exact) mass is 330 g/mol. The number of benzene rings is 2. The van der Waals surface area contributed by atoms with Gasteiger partial charge in [-0.25, -0.2) is 9.29 Å².